The van der Waals surface area contributed by atoms with E-state index in [9.17, 15) is 18.8 Å². The van der Waals surface area contributed by atoms with E-state index >= 15 is 0 Å². The maximum atomic E-state index is 14.0. The SMILES string of the molecule is N#Cc1ccc(N2CCC(Oc3ccc(F)cc3F)CC2)c(NC(=O)c2cc3cccn3cn2)c1. The van der Waals surface area contributed by atoms with Crippen LogP contribution in [0.15, 0.2) is 67.1 Å². The summed E-state index contributed by atoms with van der Waals surface area (Å²) < 4.78 is 34.7. The van der Waals surface area contributed by atoms with Crippen LogP contribution in [0.4, 0.5) is 20.2 Å². The number of carbonyl (C=O) groups is 1. The van der Waals surface area contributed by atoms with Crippen LogP contribution in [0.3, 0.4) is 0 Å². The molecule has 35 heavy (non-hydrogen) atoms. The summed E-state index contributed by atoms with van der Waals surface area (Å²) in [6.45, 7) is 1.19. The van der Waals surface area contributed by atoms with Gasteiger partial charge in [0.05, 0.1) is 29.3 Å². The molecule has 2 aromatic heterocycles. The van der Waals surface area contributed by atoms with Gasteiger partial charge < -0.3 is 19.4 Å². The number of aromatic nitrogens is 2. The number of benzene rings is 2. The van der Waals surface area contributed by atoms with E-state index in [4.69, 9.17) is 4.74 Å². The molecule has 7 nitrogen and oxygen atoms in total. The van der Waals surface area contributed by atoms with E-state index < -0.39 is 11.6 Å². The Morgan fingerprint density at radius 1 is 1.11 bits per heavy atom. The third kappa shape index (κ3) is 4.77. The summed E-state index contributed by atoms with van der Waals surface area (Å²) in [4.78, 5) is 19.3. The molecule has 176 valence electrons. The van der Waals surface area contributed by atoms with E-state index in [1.165, 1.54) is 12.1 Å². The average molecular weight is 473 g/mol. The van der Waals surface area contributed by atoms with Gasteiger partial charge in [0.1, 0.15) is 17.6 Å². The first-order valence-corrected chi connectivity index (χ1v) is 11.1. The molecule has 0 spiro atoms. The van der Waals surface area contributed by atoms with E-state index in [0.717, 1.165) is 17.3 Å². The van der Waals surface area contributed by atoms with Gasteiger partial charge in [-0.1, -0.05) is 0 Å². The third-order valence-electron chi connectivity index (χ3n) is 5.99. The maximum Gasteiger partial charge on any atom is 0.274 e. The van der Waals surface area contributed by atoms with Crippen LogP contribution in [0.1, 0.15) is 28.9 Å². The lowest BCUT2D eigenvalue weighted by Crippen LogP contribution is -2.38. The number of fused-ring (bicyclic) bond motifs is 1. The predicted molar refractivity (Wildman–Crippen MR) is 127 cm³/mol. The van der Waals surface area contributed by atoms with Crippen molar-refractivity contribution >= 4 is 22.8 Å². The molecule has 2 aromatic carbocycles. The van der Waals surface area contributed by atoms with Gasteiger partial charge in [-0.2, -0.15) is 5.26 Å². The molecule has 0 atom stereocenters. The molecule has 9 heteroatoms. The first kappa shape index (κ1) is 22.3. The molecule has 1 N–H and O–H groups in total. The zero-order valence-corrected chi connectivity index (χ0v) is 18.6. The molecular formula is C26H21F2N5O2. The molecule has 0 radical (unpaired) electrons. The standard InChI is InChI=1S/C26H21F2N5O2/c27-18-4-6-25(21(28)13-18)35-20-7-10-32(11-8-20)24-5-3-17(15-29)12-22(24)31-26(34)23-14-19-2-1-9-33(19)16-30-23/h1-6,9,12-14,16,20H,7-8,10-11H2,(H,31,34). The molecule has 4 aromatic rings. The van der Waals surface area contributed by atoms with Gasteiger partial charge in [0.2, 0.25) is 0 Å². The topological polar surface area (TPSA) is 82.7 Å². The zero-order valence-electron chi connectivity index (χ0n) is 18.6. The van der Waals surface area contributed by atoms with Crippen LogP contribution >= 0.6 is 0 Å². The fraction of sp³-hybridized carbons (Fsp3) is 0.192. The minimum atomic E-state index is -0.725. The summed E-state index contributed by atoms with van der Waals surface area (Å²) in [5.74, 6) is -1.72. The number of nitrogens with one attached hydrogen (secondary N) is 1. The van der Waals surface area contributed by atoms with Gasteiger partial charge in [-0.3, -0.25) is 4.79 Å². The summed E-state index contributed by atoms with van der Waals surface area (Å²) in [5.41, 5.74) is 2.81. The van der Waals surface area contributed by atoms with Gasteiger partial charge in [0.15, 0.2) is 11.6 Å². The smallest absolute Gasteiger partial charge is 0.274 e. The number of hydrogen-bond donors (Lipinski definition) is 1. The fourth-order valence-corrected chi connectivity index (χ4v) is 4.19. The average Bonchev–Trinajstić information content (AvgIpc) is 3.34. The van der Waals surface area contributed by atoms with Gasteiger partial charge in [0, 0.05) is 43.7 Å². The number of amides is 1. The largest absolute Gasteiger partial charge is 0.487 e. The molecule has 0 saturated carbocycles. The van der Waals surface area contributed by atoms with Crippen molar-refractivity contribution < 1.29 is 18.3 Å². The van der Waals surface area contributed by atoms with Crippen molar-refractivity contribution in [1.29, 1.82) is 5.26 Å². The summed E-state index contributed by atoms with van der Waals surface area (Å²) in [7, 11) is 0. The highest BCUT2D eigenvalue weighted by atomic mass is 19.1. The number of anilines is 2. The molecule has 1 aliphatic rings. The molecule has 0 bridgehead atoms. The molecule has 0 aliphatic carbocycles. The Bertz CT molecular complexity index is 1440. The molecule has 5 rings (SSSR count). The van der Waals surface area contributed by atoms with Crippen molar-refractivity contribution in [2.45, 2.75) is 18.9 Å². The van der Waals surface area contributed by atoms with E-state index in [0.29, 0.717) is 37.2 Å². The lowest BCUT2D eigenvalue weighted by atomic mass is 10.1. The van der Waals surface area contributed by atoms with Crippen molar-refractivity contribution in [3.8, 4) is 11.8 Å². The Kier molecular flexibility index (Phi) is 6.02. The van der Waals surface area contributed by atoms with Crippen molar-refractivity contribution in [2.24, 2.45) is 0 Å². The second kappa shape index (κ2) is 9.43. The van der Waals surface area contributed by atoms with Crippen LogP contribution in [0.25, 0.3) is 5.52 Å². The van der Waals surface area contributed by atoms with E-state index in [1.807, 2.05) is 22.7 Å². The highest BCUT2D eigenvalue weighted by Gasteiger charge is 2.24. The quantitative estimate of drug-likeness (QED) is 0.451. The van der Waals surface area contributed by atoms with Gasteiger partial charge >= 0.3 is 0 Å². The first-order valence-electron chi connectivity index (χ1n) is 11.1. The van der Waals surface area contributed by atoms with Crippen LogP contribution in [0.2, 0.25) is 0 Å². The lowest BCUT2D eigenvalue weighted by Gasteiger charge is -2.34. The van der Waals surface area contributed by atoms with E-state index in [1.54, 1.807) is 30.6 Å². The van der Waals surface area contributed by atoms with Crippen LogP contribution in [0, 0.1) is 23.0 Å². The summed E-state index contributed by atoms with van der Waals surface area (Å²) >= 11 is 0. The lowest BCUT2D eigenvalue weighted by molar-refractivity contribution is 0.102. The van der Waals surface area contributed by atoms with Crippen molar-refractivity contribution in [2.75, 3.05) is 23.3 Å². The number of piperidine rings is 1. The highest BCUT2D eigenvalue weighted by molar-refractivity contribution is 6.05. The number of rotatable bonds is 5. The number of hydrogen-bond acceptors (Lipinski definition) is 5. The summed E-state index contributed by atoms with van der Waals surface area (Å²) in [6.07, 6.45) is 4.41. The highest BCUT2D eigenvalue weighted by Crippen LogP contribution is 2.31. The Morgan fingerprint density at radius 2 is 1.94 bits per heavy atom. The molecule has 1 saturated heterocycles. The molecular weight excluding hydrogens is 452 g/mol. The molecule has 1 amide bonds. The Morgan fingerprint density at radius 3 is 2.71 bits per heavy atom. The number of nitrogens with zero attached hydrogens (tertiary/aromatic N) is 4. The fourth-order valence-electron chi connectivity index (χ4n) is 4.19. The number of nitriles is 1. The molecule has 1 aliphatic heterocycles. The van der Waals surface area contributed by atoms with Gasteiger partial charge in [0.25, 0.3) is 5.91 Å². The minimum absolute atomic E-state index is 0.0311. The van der Waals surface area contributed by atoms with Crippen LogP contribution in [0.5, 0.6) is 5.75 Å². The Balaban J connectivity index is 1.31. The molecule has 3 heterocycles. The normalized spacial score (nSPS) is 14.0. The van der Waals surface area contributed by atoms with E-state index in [-0.39, 0.29) is 23.5 Å². The maximum absolute atomic E-state index is 14.0. The van der Waals surface area contributed by atoms with Crippen LogP contribution < -0.4 is 15.0 Å². The number of ether oxygens (including phenoxy) is 1. The summed E-state index contributed by atoms with van der Waals surface area (Å²) in [6, 6.07) is 16.0. The van der Waals surface area contributed by atoms with Crippen molar-refractivity contribution in [3.63, 3.8) is 0 Å². The Hall–Kier alpha value is -4.45. The monoisotopic (exact) mass is 473 g/mol. The minimum Gasteiger partial charge on any atom is -0.487 e. The molecule has 1 fully saturated rings. The van der Waals surface area contributed by atoms with E-state index in [2.05, 4.69) is 21.3 Å². The first-order chi connectivity index (χ1) is 17.0. The van der Waals surface area contributed by atoms with Crippen molar-refractivity contribution in [3.05, 3.63) is 90.0 Å². The summed E-state index contributed by atoms with van der Waals surface area (Å²) in [5, 5.41) is 12.3. The molecule has 0 unspecified atom stereocenters. The van der Waals surface area contributed by atoms with Gasteiger partial charge in [-0.25, -0.2) is 13.8 Å². The predicted octanol–water partition coefficient (Wildman–Crippen LogP) is 4.78. The second-order valence-corrected chi connectivity index (χ2v) is 8.29. The number of halogens is 2. The van der Waals surface area contributed by atoms with Gasteiger partial charge in [-0.15, -0.1) is 0 Å². The van der Waals surface area contributed by atoms with Gasteiger partial charge in [-0.05, 0) is 48.5 Å². The zero-order chi connectivity index (χ0) is 24.4. The Labute approximate surface area is 200 Å². The third-order valence-corrected chi connectivity index (χ3v) is 5.99. The number of carbonyl (C=O) groups excluding carboxylic acids is 1. The second-order valence-electron chi connectivity index (χ2n) is 8.29. The van der Waals surface area contributed by atoms with Crippen molar-refractivity contribution in [1.82, 2.24) is 9.38 Å². The van der Waals surface area contributed by atoms with Crippen LogP contribution in [-0.4, -0.2) is 34.5 Å². The van der Waals surface area contributed by atoms with Crippen LogP contribution in [-0.2, 0) is 0 Å².